The van der Waals surface area contributed by atoms with Gasteiger partial charge in [-0.2, -0.15) is 0 Å². The molecule has 0 aromatic carbocycles. The summed E-state index contributed by atoms with van der Waals surface area (Å²) in [5.74, 6) is 1.03. The third kappa shape index (κ3) is 3.43. The molecule has 2 N–H and O–H groups in total. The van der Waals surface area contributed by atoms with Crippen LogP contribution in [0.15, 0.2) is 28.2 Å². The predicted molar refractivity (Wildman–Crippen MR) is 75.8 cm³/mol. The van der Waals surface area contributed by atoms with Gasteiger partial charge in [-0.1, -0.05) is 0 Å². The van der Waals surface area contributed by atoms with E-state index in [4.69, 9.17) is 10.2 Å². The Balaban J connectivity index is 1.63. The second-order valence-corrected chi connectivity index (χ2v) is 5.93. The van der Waals surface area contributed by atoms with Crippen molar-refractivity contribution < 1.29 is 4.42 Å². The Bertz CT molecular complexity index is 505. The van der Waals surface area contributed by atoms with Crippen LogP contribution < -0.4 is 5.73 Å². The highest BCUT2D eigenvalue weighted by Crippen LogP contribution is 2.30. The van der Waals surface area contributed by atoms with E-state index in [0.29, 0.717) is 12.6 Å². The zero-order chi connectivity index (χ0) is 13.1. The van der Waals surface area contributed by atoms with Gasteiger partial charge in [0.25, 0.3) is 0 Å². The van der Waals surface area contributed by atoms with Crippen molar-refractivity contribution in [2.75, 3.05) is 6.54 Å². The van der Waals surface area contributed by atoms with Crippen LogP contribution in [0.1, 0.15) is 29.3 Å². The quantitative estimate of drug-likeness (QED) is 0.844. The van der Waals surface area contributed by atoms with Gasteiger partial charge in [0.05, 0.1) is 23.5 Å². The largest absolute Gasteiger partial charge is 0.468 e. The van der Waals surface area contributed by atoms with E-state index in [1.54, 1.807) is 17.6 Å². The second kappa shape index (κ2) is 5.86. The van der Waals surface area contributed by atoms with Gasteiger partial charge in [-0.15, -0.1) is 11.3 Å². The van der Waals surface area contributed by atoms with Crippen molar-refractivity contribution in [3.8, 4) is 0 Å². The Morgan fingerprint density at radius 1 is 1.42 bits per heavy atom. The van der Waals surface area contributed by atoms with Crippen molar-refractivity contribution in [3.05, 3.63) is 40.2 Å². The molecule has 3 rings (SSSR count). The molecule has 0 saturated heterocycles. The minimum atomic E-state index is 0.672. The van der Waals surface area contributed by atoms with Crippen LogP contribution in [-0.4, -0.2) is 22.5 Å². The number of furan rings is 1. The highest BCUT2D eigenvalue weighted by Gasteiger charge is 2.29. The van der Waals surface area contributed by atoms with E-state index < -0.39 is 0 Å². The fourth-order valence-electron chi connectivity index (χ4n) is 2.22. The van der Waals surface area contributed by atoms with Gasteiger partial charge in [-0.25, -0.2) is 4.98 Å². The van der Waals surface area contributed by atoms with E-state index in [1.807, 2.05) is 12.1 Å². The second-order valence-electron chi connectivity index (χ2n) is 4.99. The first-order chi connectivity index (χ1) is 9.35. The first-order valence-electron chi connectivity index (χ1n) is 6.75. The maximum absolute atomic E-state index is 5.56. The minimum Gasteiger partial charge on any atom is -0.468 e. The minimum absolute atomic E-state index is 0.672. The maximum atomic E-state index is 5.56. The van der Waals surface area contributed by atoms with Crippen LogP contribution in [0.4, 0.5) is 0 Å². The smallest absolute Gasteiger partial charge is 0.117 e. The summed E-state index contributed by atoms with van der Waals surface area (Å²) >= 11 is 1.71. The number of thiazole rings is 1. The van der Waals surface area contributed by atoms with E-state index in [-0.39, 0.29) is 0 Å². The number of aromatic nitrogens is 1. The molecule has 0 radical (unpaired) electrons. The molecule has 0 unspecified atom stereocenters. The van der Waals surface area contributed by atoms with E-state index in [1.165, 1.54) is 12.8 Å². The Kier molecular flexibility index (Phi) is 3.96. The third-order valence-corrected chi connectivity index (χ3v) is 4.28. The van der Waals surface area contributed by atoms with Crippen LogP contribution in [-0.2, 0) is 19.5 Å². The predicted octanol–water partition coefficient (Wildman–Crippen LogP) is 2.40. The summed E-state index contributed by atoms with van der Waals surface area (Å²) in [4.78, 5) is 7.10. The maximum Gasteiger partial charge on any atom is 0.117 e. The highest BCUT2D eigenvalue weighted by atomic mass is 32.1. The molecule has 0 bridgehead atoms. The van der Waals surface area contributed by atoms with Crippen molar-refractivity contribution in [3.63, 3.8) is 0 Å². The summed E-state index contributed by atoms with van der Waals surface area (Å²) in [7, 11) is 0. The summed E-state index contributed by atoms with van der Waals surface area (Å²) in [6, 6.07) is 4.68. The van der Waals surface area contributed by atoms with Crippen LogP contribution in [0.2, 0.25) is 0 Å². The molecule has 102 valence electrons. The number of nitrogens with zero attached hydrogens (tertiary/aromatic N) is 2. The molecular weight excluding hydrogens is 258 g/mol. The monoisotopic (exact) mass is 277 g/mol. The lowest BCUT2D eigenvalue weighted by Gasteiger charge is -2.19. The average Bonchev–Trinajstić information content (AvgIpc) is 2.95. The topological polar surface area (TPSA) is 55.3 Å². The van der Waals surface area contributed by atoms with Gasteiger partial charge in [0.1, 0.15) is 5.76 Å². The van der Waals surface area contributed by atoms with Gasteiger partial charge in [-0.3, -0.25) is 4.90 Å². The third-order valence-electron chi connectivity index (χ3n) is 3.32. The molecule has 1 saturated carbocycles. The van der Waals surface area contributed by atoms with E-state index in [9.17, 15) is 0 Å². The molecule has 0 amide bonds. The highest BCUT2D eigenvalue weighted by molar-refractivity contribution is 7.09. The van der Waals surface area contributed by atoms with Crippen LogP contribution in [0, 0.1) is 0 Å². The van der Waals surface area contributed by atoms with E-state index in [0.717, 1.165) is 36.0 Å². The van der Waals surface area contributed by atoms with Gasteiger partial charge in [0.2, 0.25) is 0 Å². The summed E-state index contributed by atoms with van der Waals surface area (Å²) in [5, 5.41) is 3.30. The molecule has 0 aliphatic heterocycles. The molecule has 1 aliphatic rings. The molecule has 5 heteroatoms. The number of rotatable bonds is 7. The van der Waals surface area contributed by atoms with Gasteiger partial charge >= 0.3 is 0 Å². The standard InChI is InChI=1S/C14H19N3OS/c15-6-5-14-16-11(10-19-14)8-17(12-3-4-12)9-13-2-1-7-18-13/h1-2,7,10,12H,3-6,8-9,15H2. The Morgan fingerprint density at radius 2 is 2.32 bits per heavy atom. The van der Waals surface area contributed by atoms with Crippen molar-refractivity contribution in [2.24, 2.45) is 5.73 Å². The van der Waals surface area contributed by atoms with E-state index in [2.05, 4.69) is 15.3 Å². The van der Waals surface area contributed by atoms with Gasteiger partial charge in [0, 0.05) is 24.4 Å². The molecule has 0 spiro atoms. The lowest BCUT2D eigenvalue weighted by molar-refractivity contribution is 0.223. The first-order valence-corrected chi connectivity index (χ1v) is 7.63. The van der Waals surface area contributed by atoms with Crippen molar-refractivity contribution in [1.29, 1.82) is 0 Å². The molecule has 2 heterocycles. The van der Waals surface area contributed by atoms with Crippen LogP contribution in [0.5, 0.6) is 0 Å². The lowest BCUT2D eigenvalue weighted by atomic mass is 10.3. The molecule has 2 aromatic heterocycles. The molecule has 1 aliphatic carbocycles. The summed E-state index contributed by atoms with van der Waals surface area (Å²) in [6.45, 7) is 2.46. The Hall–Kier alpha value is -1.17. The molecular formula is C14H19N3OS. The van der Waals surface area contributed by atoms with Crippen LogP contribution in [0.3, 0.4) is 0 Å². The van der Waals surface area contributed by atoms with Gasteiger partial charge < -0.3 is 10.2 Å². The SMILES string of the molecule is NCCc1nc(CN(Cc2ccco2)C2CC2)cs1. The summed E-state index contributed by atoms with van der Waals surface area (Å²) < 4.78 is 5.45. The van der Waals surface area contributed by atoms with Crippen molar-refractivity contribution in [1.82, 2.24) is 9.88 Å². The average molecular weight is 277 g/mol. The zero-order valence-corrected chi connectivity index (χ0v) is 11.7. The van der Waals surface area contributed by atoms with Crippen molar-refractivity contribution in [2.45, 2.75) is 38.4 Å². The summed E-state index contributed by atoms with van der Waals surface area (Å²) in [5.41, 5.74) is 6.72. The molecule has 0 atom stereocenters. The fraction of sp³-hybridized carbons (Fsp3) is 0.500. The number of hydrogen-bond acceptors (Lipinski definition) is 5. The zero-order valence-electron chi connectivity index (χ0n) is 10.9. The first kappa shape index (κ1) is 12.8. The molecule has 2 aromatic rings. The Morgan fingerprint density at radius 3 is 3.00 bits per heavy atom. The van der Waals surface area contributed by atoms with E-state index >= 15 is 0 Å². The van der Waals surface area contributed by atoms with Crippen molar-refractivity contribution >= 4 is 11.3 Å². The number of nitrogens with two attached hydrogens (primary N) is 1. The van der Waals surface area contributed by atoms with Gasteiger partial charge in [-0.05, 0) is 31.5 Å². The van der Waals surface area contributed by atoms with Gasteiger partial charge in [0.15, 0.2) is 0 Å². The lowest BCUT2D eigenvalue weighted by Crippen LogP contribution is -2.25. The molecule has 1 fully saturated rings. The van der Waals surface area contributed by atoms with Crippen LogP contribution >= 0.6 is 11.3 Å². The normalized spacial score (nSPS) is 15.3. The Labute approximate surface area is 117 Å². The summed E-state index contributed by atoms with van der Waals surface area (Å²) in [6.07, 6.45) is 5.20. The molecule has 19 heavy (non-hydrogen) atoms. The molecule has 4 nitrogen and oxygen atoms in total. The van der Waals surface area contributed by atoms with Crippen LogP contribution in [0.25, 0.3) is 0 Å². The number of hydrogen-bond donors (Lipinski definition) is 1. The fourth-order valence-corrected chi connectivity index (χ4v) is 3.03.